The quantitative estimate of drug-likeness (QED) is 0.579. The first-order valence-corrected chi connectivity index (χ1v) is 10.2. The fraction of sp³-hybridized carbons (Fsp3) is 0.476. The predicted octanol–water partition coefficient (Wildman–Crippen LogP) is 2.99. The van der Waals surface area contributed by atoms with Crippen LogP contribution in [0.15, 0.2) is 47.1 Å². The molecular weight excluding hydrogens is 368 g/mol. The van der Waals surface area contributed by atoms with E-state index in [0.717, 1.165) is 56.4 Å². The highest BCUT2D eigenvalue weighted by atomic mass is 16.5. The molecule has 1 aliphatic heterocycles. The van der Waals surface area contributed by atoms with E-state index in [4.69, 9.17) is 9.15 Å². The highest BCUT2D eigenvalue weighted by Crippen LogP contribution is 2.27. The van der Waals surface area contributed by atoms with E-state index in [9.17, 15) is 0 Å². The number of aromatic nitrogens is 4. The standard InChI is InChI=1S/C21H28N6O2/c1-3-5-20(21-22-23-24-27(21)16-19-6-4-15-29-19)26-13-11-25(12-14-26)17-7-9-18(28-2)10-8-17/h4,6-10,15,20H,3,5,11-14,16H2,1-2H3/t20-/m1/s1. The van der Waals surface area contributed by atoms with Crippen LogP contribution < -0.4 is 9.64 Å². The number of furan rings is 1. The van der Waals surface area contributed by atoms with E-state index in [0.29, 0.717) is 6.54 Å². The van der Waals surface area contributed by atoms with E-state index >= 15 is 0 Å². The molecule has 8 nitrogen and oxygen atoms in total. The summed E-state index contributed by atoms with van der Waals surface area (Å²) in [5.41, 5.74) is 1.24. The lowest BCUT2D eigenvalue weighted by molar-refractivity contribution is 0.164. The summed E-state index contributed by atoms with van der Waals surface area (Å²) >= 11 is 0. The van der Waals surface area contributed by atoms with E-state index in [2.05, 4.69) is 44.4 Å². The molecule has 29 heavy (non-hydrogen) atoms. The van der Waals surface area contributed by atoms with Crippen LogP contribution >= 0.6 is 0 Å². The SMILES string of the molecule is CCC[C@H](c1nnnn1Cc1ccco1)N1CCN(c2ccc(OC)cc2)CC1. The first-order chi connectivity index (χ1) is 14.3. The molecule has 0 aliphatic carbocycles. The Hall–Kier alpha value is -2.87. The second-order valence-electron chi connectivity index (χ2n) is 7.30. The Labute approximate surface area is 171 Å². The van der Waals surface area contributed by atoms with Crippen LogP contribution in [0.25, 0.3) is 0 Å². The first kappa shape index (κ1) is 19.4. The number of piperazine rings is 1. The average molecular weight is 396 g/mol. The zero-order valence-electron chi connectivity index (χ0n) is 17.1. The minimum Gasteiger partial charge on any atom is -0.497 e. The summed E-state index contributed by atoms with van der Waals surface area (Å²) in [5, 5.41) is 12.5. The van der Waals surface area contributed by atoms with Gasteiger partial charge in [-0.1, -0.05) is 13.3 Å². The molecule has 1 aliphatic rings. The third-order valence-electron chi connectivity index (χ3n) is 5.50. The van der Waals surface area contributed by atoms with Gasteiger partial charge in [0.1, 0.15) is 18.1 Å². The molecule has 154 valence electrons. The monoisotopic (exact) mass is 396 g/mol. The molecule has 1 atom stereocenters. The molecule has 0 bridgehead atoms. The zero-order chi connectivity index (χ0) is 20.1. The van der Waals surface area contributed by atoms with Crippen molar-refractivity contribution in [2.45, 2.75) is 32.4 Å². The van der Waals surface area contributed by atoms with Crippen molar-refractivity contribution in [3.63, 3.8) is 0 Å². The molecule has 0 unspecified atom stereocenters. The predicted molar refractivity (Wildman–Crippen MR) is 110 cm³/mol. The van der Waals surface area contributed by atoms with Gasteiger partial charge in [0.05, 0.1) is 19.4 Å². The molecule has 4 rings (SSSR count). The van der Waals surface area contributed by atoms with Gasteiger partial charge in [-0.2, -0.15) is 0 Å². The van der Waals surface area contributed by atoms with Crippen LogP contribution in [0.1, 0.15) is 37.4 Å². The Bertz CT molecular complexity index is 869. The summed E-state index contributed by atoms with van der Waals surface area (Å²) in [6.45, 7) is 6.68. The maximum Gasteiger partial charge on any atom is 0.168 e. The molecular formula is C21H28N6O2. The van der Waals surface area contributed by atoms with Crippen LogP contribution in [-0.4, -0.2) is 58.4 Å². The smallest absolute Gasteiger partial charge is 0.168 e. The molecule has 2 aromatic heterocycles. The van der Waals surface area contributed by atoms with Gasteiger partial charge in [-0.25, -0.2) is 4.68 Å². The maximum atomic E-state index is 5.48. The minimum atomic E-state index is 0.211. The molecule has 0 N–H and O–H groups in total. The number of nitrogens with zero attached hydrogens (tertiary/aromatic N) is 6. The summed E-state index contributed by atoms with van der Waals surface area (Å²) in [6.07, 6.45) is 3.79. The van der Waals surface area contributed by atoms with Gasteiger partial charge in [-0.05, 0) is 53.2 Å². The third kappa shape index (κ3) is 4.42. The van der Waals surface area contributed by atoms with Crippen molar-refractivity contribution in [2.75, 3.05) is 38.2 Å². The Morgan fingerprint density at radius 3 is 2.55 bits per heavy atom. The van der Waals surface area contributed by atoms with Gasteiger partial charge in [-0.3, -0.25) is 4.90 Å². The van der Waals surface area contributed by atoms with Gasteiger partial charge < -0.3 is 14.1 Å². The molecule has 1 saturated heterocycles. The first-order valence-electron chi connectivity index (χ1n) is 10.2. The highest BCUT2D eigenvalue weighted by Gasteiger charge is 2.28. The largest absolute Gasteiger partial charge is 0.497 e. The van der Waals surface area contributed by atoms with Crippen LogP contribution in [0.4, 0.5) is 5.69 Å². The van der Waals surface area contributed by atoms with Crippen molar-refractivity contribution in [1.82, 2.24) is 25.1 Å². The molecule has 0 saturated carbocycles. The summed E-state index contributed by atoms with van der Waals surface area (Å²) in [4.78, 5) is 4.93. The van der Waals surface area contributed by atoms with Crippen LogP contribution in [0.3, 0.4) is 0 Å². The number of ether oxygens (including phenoxy) is 1. The second kappa shape index (κ2) is 9.09. The van der Waals surface area contributed by atoms with Crippen molar-refractivity contribution < 1.29 is 9.15 Å². The topological polar surface area (TPSA) is 72.5 Å². The normalized spacial score (nSPS) is 16.1. The number of rotatable bonds is 8. The van der Waals surface area contributed by atoms with E-state index in [1.54, 1.807) is 13.4 Å². The summed E-state index contributed by atoms with van der Waals surface area (Å²) in [7, 11) is 1.70. The lowest BCUT2D eigenvalue weighted by atomic mass is 10.1. The van der Waals surface area contributed by atoms with Gasteiger partial charge in [-0.15, -0.1) is 5.10 Å². The Balaban J connectivity index is 1.44. The average Bonchev–Trinajstić information content (AvgIpc) is 3.45. The van der Waals surface area contributed by atoms with E-state index in [-0.39, 0.29) is 6.04 Å². The van der Waals surface area contributed by atoms with E-state index in [1.165, 1.54) is 5.69 Å². The number of hydrogen-bond donors (Lipinski definition) is 0. The Kier molecular flexibility index (Phi) is 6.09. The van der Waals surface area contributed by atoms with Gasteiger partial charge in [0, 0.05) is 31.9 Å². The number of anilines is 1. The molecule has 3 heterocycles. The second-order valence-corrected chi connectivity index (χ2v) is 7.30. The number of tetrazole rings is 1. The molecule has 8 heteroatoms. The van der Waals surface area contributed by atoms with Crippen LogP contribution in [-0.2, 0) is 6.54 Å². The lowest BCUT2D eigenvalue weighted by Crippen LogP contribution is -2.48. The number of hydrogen-bond acceptors (Lipinski definition) is 7. The summed E-state index contributed by atoms with van der Waals surface area (Å²) in [6, 6.07) is 12.3. The van der Waals surface area contributed by atoms with Crippen molar-refractivity contribution >= 4 is 5.69 Å². The molecule has 0 amide bonds. The fourth-order valence-electron chi connectivity index (χ4n) is 3.95. The van der Waals surface area contributed by atoms with Crippen molar-refractivity contribution in [3.8, 4) is 5.75 Å². The fourth-order valence-corrected chi connectivity index (χ4v) is 3.95. The molecule has 0 spiro atoms. The van der Waals surface area contributed by atoms with Crippen molar-refractivity contribution in [3.05, 3.63) is 54.2 Å². The van der Waals surface area contributed by atoms with Crippen molar-refractivity contribution in [2.24, 2.45) is 0 Å². The van der Waals surface area contributed by atoms with Gasteiger partial charge in [0.15, 0.2) is 5.82 Å². The maximum absolute atomic E-state index is 5.48. The molecule has 1 fully saturated rings. The Morgan fingerprint density at radius 2 is 1.90 bits per heavy atom. The van der Waals surface area contributed by atoms with Crippen LogP contribution in [0.2, 0.25) is 0 Å². The van der Waals surface area contributed by atoms with Gasteiger partial charge >= 0.3 is 0 Å². The Morgan fingerprint density at radius 1 is 1.10 bits per heavy atom. The van der Waals surface area contributed by atoms with E-state index in [1.807, 2.05) is 28.9 Å². The highest BCUT2D eigenvalue weighted by molar-refractivity contribution is 5.49. The molecule has 3 aromatic rings. The van der Waals surface area contributed by atoms with Gasteiger partial charge in [0.2, 0.25) is 0 Å². The molecule has 0 radical (unpaired) electrons. The van der Waals surface area contributed by atoms with E-state index < -0.39 is 0 Å². The summed E-state index contributed by atoms with van der Waals surface area (Å²) < 4.78 is 12.6. The zero-order valence-corrected chi connectivity index (χ0v) is 17.1. The third-order valence-corrected chi connectivity index (χ3v) is 5.50. The molecule has 1 aromatic carbocycles. The van der Waals surface area contributed by atoms with Crippen LogP contribution in [0.5, 0.6) is 5.75 Å². The van der Waals surface area contributed by atoms with Gasteiger partial charge in [0.25, 0.3) is 0 Å². The lowest BCUT2D eigenvalue weighted by Gasteiger charge is -2.39. The van der Waals surface area contributed by atoms with Crippen LogP contribution in [0, 0.1) is 0 Å². The number of benzene rings is 1. The summed E-state index contributed by atoms with van der Waals surface area (Å²) in [5.74, 6) is 2.66. The number of methoxy groups -OCH3 is 1. The minimum absolute atomic E-state index is 0.211. The van der Waals surface area contributed by atoms with Crippen molar-refractivity contribution in [1.29, 1.82) is 0 Å².